The molecule has 4 rings (SSSR count). The van der Waals surface area contributed by atoms with Gasteiger partial charge in [-0.05, 0) is 29.8 Å². The van der Waals surface area contributed by atoms with Crippen LogP contribution in [0.25, 0.3) is 21.3 Å². The van der Waals surface area contributed by atoms with Gasteiger partial charge < -0.3 is 4.74 Å². The first kappa shape index (κ1) is 18.9. The lowest BCUT2D eigenvalue weighted by molar-refractivity contribution is 0.102. The Morgan fingerprint density at radius 3 is 2.79 bits per heavy atom. The molecule has 0 aliphatic rings. The van der Waals surface area contributed by atoms with Gasteiger partial charge in [-0.3, -0.25) is 4.79 Å². The Labute approximate surface area is 175 Å². The van der Waals surface area contributed by atoms with E-state index in [4.69, 9.17) is 16.3 Å². The molecule has 2 aromatic carbocycles. The summed E-state index contributed by atoms with van der Waals surface area (Å²) >= 11 is 9.00. The van der Waals surface area contributed by atoms with Gasteiger partial charge >= 0.3 is 0 Å². The molecular weight excluding hydrogens is 412 g/mol. The molecule has 0 aliphatic carbocycles. The van der Waals surface area contributed by atoms with Crippen LogP contribution in [0.2, 0.25) is 5.02 Å². The Bertz CT molecular complexity index is 1140. The molecule has 4 nitrogen and oxygen atoms in total. The summed E-state index contributed by atoms with van der Waals surface area (Å²) in [4.78, 5) is 22.3. The Balaban J connectivity index is 1.63. The van der Waals surface area contributed by atoms with E-state index in [0.717, 1.165) is 26.4 Å². The number of fused-ring (bicyclic) bond motifs is 1. The number of carbonyl (C=O) groups excluding carboxylic acids is 1. The van der Waals surface area contributed by atoms with Gasteiger partial charge in [-0.2, -0.15) is 0 Å². The third-order valence-electron chi connectivity index (χ3n) is 4.22. The number of ether oxygens (including phenoxy) is 1. The molecule has 0 spiro atoms. The van der Waals surface area contributed by atoms with Crippen molar-refractivity contribution in [3.05, 3.63) is 70.8 Å². The summed E-state index contributed by atoms with van der Waals surface area (Å²) in [6.07, 6.45) is 1.54. The van der Waals surface area contributed by atoms with Crippen LogP contribution in [0, 0.1) is 0 Å². The molecule has 2 heterocycles. The molecule has 2 aromatic heterocycles. The van der Waals surface area contributed by atoms with Crippen molar-refractivity contribution in [1.82, 2.24) is 9.97 Å². The second kappa shape index (κ2) is 8.31. The number of thiophene rings is 1. The van der Waals surface area contributed by atoms with Crippen LogP contribution in [-0.2, 0) is 0 Å². The zero-order valence-electron chi connectivity index (χ0n) is 14.9. The van der Waals surface area contributed by atoms with E-state index in [2.05, 4.69) is 15.3 Å². The highest BCUT2D eigenvalue weighted by Crippen LogP contribution is 2.38. The summed E-state index contributed by atoms with van der Waals surface area (Å²) in [5, 5.41) is 4.53. The Hall–Kier alpha value is -2.41. The third kappa shape index (κ3) is 3.90. The first-order valence-corrected chi connectivity index (χ1v) is 10.7. The van der Waals surface area contributed by atoms with Crippen LogP contribution in [0.5, 0.6) is 5.75 Å². The van der Waals surface area contributed by atoms with Crippen molar-refractivity contribution in [1.29, 1.82) is 0 Å². The van der Waals surface area contributed by atoms with Crippen molar-refractivity contribution in [2.24, 2.45) is 0 Å². The SMILES string of the molecule is COc1cccc(C(=O)CSc2ncnc3scc(-c4ccc(Cl)cc4)c23)c1. The number of nitrogens with zero attached hydrogens (tertiary/aromatic N) is 2. The smallest absolute Gasteiger partial charge is 0.173 e. The van der Waals surface area contributed by atoms with Crippen LogP contribution in [0.4, 0.5) is 0 Å². The lowest BCUT2D eigenvalue weighted by atomic mass is 10.1. The first-order valence-electron chi connectivity index (χ1n) is 8.44. The minimum Gasteiger partial charge on any atom is -0.497 e. The molecular formula is C21H15ClN2O2S2. The predicted octanol–water partition coefficient (Wildman–Crippen LogP) is 6.00. The van der Waals surface area contributed by atoms with Gasteiger partial charge in [-0.1, -0.05) is 47.6 Å². The highest BCUT2D eigenvalue weighted by atomic mass is 35.5. The van der Waals surface area contributed by atoms with Crippen LogP contribution in [-0.4, -0.2) is 28.6 Å². The van der Waals surface area contributed by atoms with Crippen LogP contribution < -0.4 is 4.74 Å². The summed E-state index contributed by atoms with van der Waals surface area (Å²) in [7, 11) is 1.59. The minimum atomic E-state index is 0.0268. The monoisotopic (exact) mass is 426 g/mol. The first-order chi connectivity index (χ1) is 13.7. The maximum atomic E-state index is 12.6. The molecule has 0 aliphatic heterocycles. The molecule has 140 valence electrons. The number of carbonyl (C=O) groups is 1. The summed E-state index contributed by atoms with van der Waals surface area (Å²) in [5.41, 5.74) is 2.72. The molecule has 0 bridgehead atoms. The highest BCUT2D eigenvalue weighted by Gasteiger charge is 2.15. The lowest BCUT2D eigenvalue weighted by Gasteiger charge is -2.06. The molecule has 4 aromatic rings. The standard InChI is InChI=1S/C21H15ClN2O2S2/c1-26-16-4-2-3-14(9-16)18(25)11-28-21-19-17(10-27-20(19)23-12-24-21)13-5-7-15(22)8-6-13/h2-10,12H,11H2,1H3. The number of hydrogen-bond donors (Lipinski definition) is 0. The largest absolute Gasteiger partial charge is 0.497 e. The van der Waals surface area contributed by atoms with E-state index >= 15 is 0 Å². The average molecular weight is 427 g/mol. The minimum absolute atomic E-state index is 0.0268. The van der Waals surface area contributed by atoms with Crippen LogP contribution in [0.1, 0.15) is 10.4 Å². The number of rotatable bonds is 6. The molecule has 0 saturated heterocycles. The number of benzene rings is 2. The van der Waals surface area contributed by atoms with E-state index in [1.54, 1.807) is 36.9 Å². The van der Waals surface area contributed by atoms with Crippen molar-refractivity contribution in [3.63, 3.8) is 0 Å². The summed E-state index contributed by atoms with van der Waals surface area (Å²) in [5.74, 6) is 0.983. The number of halogens is 1. The van der Waals surface area contributed by atoms with Crippen molar-refractivity contribution in [2.75, 3.05) is 12.9 Å². The third-order valence-corrected chi connectivity index (χ3v) is 6.35. The maximum Gasteiger partial charge on any atom is 0.173 e. The number of Topliss-reactive ketones (excluding diaryl/α,β-unsaturated/α-hetero) is 1. The molecule has 28 heavy (non-hydrogen) atoms. The van der Waals surface area contributed by atoms with E-state index in [1.165, 1.54) is 11.8 Å². The Morgan fingerprint density at radius 1 is 1.18 bits per heavy atom. The normalized spacial score (nSPS) is 10.9. The highest BCUT2D eigenvalue weighted by molar-refractivity contribution is 8.00. The van der Waals surface area contributed by atoms with E-state index in [1.807, 2.05) is 36.4 Å². The molecule has 0 atom stereocenters. The Kier molecular flexibility index (Phi) is 5.62. The molecule has 0 N–H and O–H groups in total. The van der Waals surface area contributed by atoms with Crippen LogP contribution in [0.3, 0.4) is 0 Å². The van der Waals surface area contributed by atoms with E-state index in [0.29, 0.717) is 16.3 Å². The second-order valence-electron chi connectivity index (χ2n) is 5.96. The topological polar surface area (TPSA) is 52.1 Å². The van der Waals surface area contributed by atoms with Gasteiger partial charge in [0.2, 0.25) is 0 Å². The fourth-order valence-corrected chi connectivity index (χ4v) is 4.83. The predicted molar refractivity (Wildman–Crippen MR) is 116 cm³/mol. The molecule has 0 radical (unpaired) electrons. The van der Waals surface area contributed by atoms with Gasteiger partial charge in [0.05, 0.1) is 18.2 Å². The van der Waals surface area contributed by atoms with Crippen LogP contribution in [0.15, 0.2) is 65.3 Å². The lowest BCUT2D eigenvalue weighted by Crippen LogP contribution is -2.03. The molecule has 0 amide bonds. The van der Waals surface area contributed by atoms with Gasteiger partial charge in [0.1, 0.15) is 21.9 Å². The second-order valence-corrected chi connectivity index (χ2v) is 8.22. The Morgan fingerprint density at radius 2 is 2.00 bits per heavy atom. The van der Waals surface area contributed by atoms with Gasteiger partial charge in [0.15, 0.2) is 5.78 Å². The summed E-state index contributed by atoms with van der Waals surface area (Å²) < 4.78 is 5.20. The van der Waals surface area contributed by atoms with E-state index in [-0.39, 0.29) is 11.5 Å². The van der Waals surface area contributed by atoms with Gasteiger partial charge in [0, 0.05) is 21.5 Å². The van der Waals surface area contributed by atoms with Crippen molar-refractivity contribution in [2.45, 2.75) is 5.03 Å². The number of methoxy groups -OCH3 is 1. The molecule has 0 fully saturated rings. The van der Waals surface area contributed by atoms with E-state index in [9.17, 15) is 4.79 Å². The molecule has 0 unspecified atom stereocenters. The molecule has 0 saturated carbocycles. The fraction of sp³-hybridized carbons (Fsp3) is 0.0952. The zero-order valence-corrected chi connectivity index (χ0v) is 17.3. The van der Waals surface area contributed by atoms with E-state index < -0.39 is 0 Å². The van der Waals surface area contributed by atoms with Gasteiger partial charge in [-0.15, -0.1) is 11.3 Å². The van der Waals surface area contributed by atoms with Crippen molar-refractivity contribution >= 4 is 50.7 Å². The summed E-state index contributed by atoms with van der Waals surface area (Å²) in [6, 6.07) is 14.9. The zero-order chi connectivity index (χ0) is 19.5. The number of ketones is 1. The average Bonchev–Trinajstić information content (AvgIpc) is 3.17. The summed E-state index contributed by atoms with van der Waals surface area (Å²) in [6.45, 7) is 0. The number of hydrogen-bond acceptors (Lipinski definition) is 6. The van der Waals surface area contributed by atoms with Gasteiger partial charge in [0.25, 0.3) is 0 Å². The molecule has 7 heteroatoms. The maximum absolute atomic E-state index is 12.6. The number of thioether (sulfide) groups is 1. The quantitative estimate of drug-likeness (QED) is 0.215. The van der Waals surface area contributed by atoms with Gasteiger partial charge in [-0.25, -0.2) is 9.97 Å². The number of aromatic nitrogens is 2. The van der Waals surface area contributed by atoms with Crippen LogP contribution >= 0.6 is 34.7 Å². The van der Waals surface area contributed by atoms with Crippen molar-refractivity contribution < 1.29 is 9.53 Å². The fourth-order valence-electron chi connectivity index (χ4n) is 2.81. The van der Waals surface area contributed by atoms with Crippen molar-refractivity contribution in [3.8, 4) is 16.9 Å².